The molecule has 2 rings (SSSR count). The van der Waals surface area contributed by atoms with Crippen LogP contribution in [0.25, 0.3) is 0 Å². The number of methoxy groups -OCH3 is 2. The van der Waals surface area contributed by atoms with Gasteiger partial charge in [-0.15, -0.1) is 12.4 Å². The normalized spacial score (nSPS) is 20.5. The van der Waals surface area contributed by atoms with Crippen molar-refractivity contribution in [3.63, 3.8) is 0 Å². The number of ether oxygens (including phenoxy) is 2. The number of carbonyl (C=O) groups excluding carboxylic acids is 1. The highest BCUT2D eigenvalue weighted by molar-refractivity contribution is 5.85. The first-order valence-corrected chi connectivity index (χ1v) is 6.79. The fourth-order valence-electron chi connectivity index (χ4n) is 2.42. The lowest BCUT2D eigenvalue weighted by Crippen LogP contribution is -2.40. The molecule has 6 heteroatoms. The number of rotatable bonds is 5. The lowest BCUT2D eigenvalue weighted by molar-refractivity contribution is -0.129. The molecule has 0 spiro atoms. The third kappa shape index (κ3) is 4.02. The lowest BCUT2D eigenvalue weighted by Gasteiger charge is -2.22. The molecule has 1 amide bonds. The molecule has 1 unspecified atom stereocenters. The zero-order valence-electron chi connectivity index (χ0n) is 12.7. The third-order valence-corrected chi connectivity index (χ3v) is 3.84. The molecule has 1 heterocycles. The Bertz CT molecular complexity index is 488. The summed E-state index contributed by atoms with van der Waals surface area (Å²) in [5.74, 6) is 1.58. The Hall–Kier alpha value is -1.46. The molecule has 1 aliphatic rings. The van der Waals surface area contributed by atoms with Gasteiger partial charge in [-0.3, -0.25) is 4.79 Å². The van der Waals surface area contributed by atoms with E-state index in [0.29, 0.717) is 6.54 Å². The molecule has 1 aromatic rings. The Kier molecular flexibility index (Phi) is 6.30. The summed E-state index contributed by atoms with van der Waals surface area (Å²) in [6, 6.07) is 5.57. The van der Waals surface area contributed by atoms with Crippen molar-refractivity contribution in [1.29, 1.82) is 0 Å². The van der Waals surface area contributed by atoms with Crippen LogP contribution in [0.1, 0.15) is 18.9 Å². The van der Waals surface area contributed by atoms with Crippen molar-refractivity contribution in [2.24, 2.45) is 5.41 Å². The number of amides is 1. The van der Waals surface area contributed by atoms with Crippen LogP contribution in [0.5, 0.6) is 11.5 Å². The summed E-state index contributed by atoms with van der Waals surface area (Å²) in [6.07, 6.45) is 0.869. The number of carbonyl (C=O) groups is 1. The summed E-state index contributed by atoms with van der Waals surface area (Å²) in [7, 11) is 3.24. The Morgan fingerprint density at radius 2 is 2.14 bits per heavy atom. The molecule has 118 valence electrons. The average molecular weight is 315 g/mol. The van der Waals surface area contributed by atoms with Crippen molar-refractivity contribution in [3.8, 4) is 11.5 Å². The maximum absolute atomic E-state index is 12.3. The molecule has 0 radical (unpaired) electrons. The van der Waals surface area contributed by atoms with Gasteiger partial charge in [0.05, 0.1) is 19.6 Å². The van der Waals surface area contributed by atoms with Crippen LogP contribution in [0.15, 0.2) is 18.2 Å². The Labute approximate surface area is 131 Å². The van der Waals surface area contributed by atoms with Crippen LogP contribution in [0.2, 0.25) is 0 Å². The smallest absolute Gasteiger partial charge is 0.227 e. The Balaban J connectivity index is 0.00000220. The predicted octanol–water partition coefficient (Wildman–Crippen LogP) is 1.74. The first kappa shape index (κ1) is 17.6. The highest BCUT2D eigenvalue weighted by Crippen LogP contribution is 2.26. The summed E-state index contributed by atoms with van der Waals surface area (Å²) >= 11 is 0. The van der Waals surface area contributed by atoms with Crippen LogP contribution in [0.4, 0.5) is 0 Å². The van der Waals surface area contributed by atoms with Gasteiger partial charge in [-0.25, -0.2) is 0 Å². The molecule has 1 aromatic carbocycles. The maximum atomic E-state index is 12.3. The summed E-state index contributed by atoms with van der Waals surface area (Å²) in [5.41, 5.74) is 0.598. The number of hydrogen-bond acceptors (Lipinski definition) is 4. The van der Waals surface area contributed by atoms with Gasteiger partial charge in [-0.2, -0.15) is 0 Å². The van der Waals surface area contributed by atoms with Crippen molar-refractivity contribution in [3.05, 3.63) is 23.8 Å². The van der Waals surface area contributed by atoms with Crippen LogP contribution >= 0.6 is 12.4 Å². The second-order valence-electron chi connectivity index (χ2n) is 5.35. The van der Waals surface area contributed by atoms with Gasteiger partial charge in [0.15, 0.2) is 0 Å². The van der Waals surface area contributed by atoms with Gasteiger partial charge in [0.2, 0.25) is 5.91 Å². The van der Waals surface area contributed by atoms with Crippen molar-refractivity contribution in [2.45, 2.75) is 19.9 Å². The van der Waals surface area contributed by atoms with E-state index in [1.807, 2.05) is 25.1 Å². The maximum Gasteiger partial charge on any atom is 0.227 e. The molecule has 0 saturated carbocycles. The van der Waals surface area contributed by atoms with E-state index in [9.17, 15) is 4.79 Å². The SMILES string of the molecule is COc1ccc(OC)c(CNC(=O)C2(C)CCNC2)c1.Cl. The second kappa shape index (κ2) is 7.52. The van der Waals surface area contributed by atoms with E-state index in [1.54, 1.807) is 14.2 Å². The van der Waals surface area contributed by atoms with Crippen LogP contribution in [-0.4, -0.2) is 33.2 Å². The number of hydrogen-bond donors (Lipinski definition) is 2. The van der Waals surface area contributed by atoms with E-state index < -0.39 is 0 Å². The van der Waals surface area contributed by atoms with Crippen molar-refractivity contribution >= 4 is 18.3 Å². The van der Waals surface area contributed by atoms with E-state index in [1.165, 1.54) is 0 Å². The highest BCUT2D eigenvalue weighted by atomic mass is 35.5. The van der Waals surface area contributed by atoms with E-state index in [2.05, 4.69) is 10.6 Å². The van der Waals surface area contributed by atoms with Crippen LogP contribution in [-0.2, 0) is 11.3 Å². The molecular formula is C15H23ClN2O3. The van der Waals surface area contributed by atoms with Crippen LogP contribution < -0.4 is 20.1 Å². The minimum Gasteiger partial charge on any atom is -0.497 e. The van der Waals surface area contributed by atoms with Gasteiger partial charge in [-0.1, -0.05) is 0 Å². The van der Waals surface area contributed by atoms with Crippen molar-refractivity contribution in [1.82, 2.24) is 10.6 Å². The Morgan fingerprint density at radius 3 is 2.71 bits per heavy atom. The van der Waals surface area contributed by atoms with Crippen molar-refractivity contribution in [2.75, 3.05) is 27.3 Å². The molecule has 5 nitrogen and oxygen atoms in total. The molecule has 1 atom stereocenters. The average Bonchev–Trinajstić information content (AvgIpc) is 2.92. The largest absolute Gasteiger partial charge is 0.497 e. The van der Waals surface area contributed by atoms with E-state index in [4.69, 9.17) is 9.47 Å². The molecular weight excluding hydrogens is 292 g/mol. The third-order valence-electron chi connectivity index (χ3n) is 3.84. The standard InChI is InChI=1S/C15H22N2O3.ClH/c1-15(6-7-16-10-15)14(18)17-9-11-8-12(19-2)4-5-13(11)20-3;/h4-5,8,16H,6-7,9-10H2,1-3H3,(H,17,18);1H. The van der Waals surface area contributed by atoms with Crippen molar-refractivity contribution < 1.29 is 14.3 Å². The fourth-order valence-corrected chi connectivity index (χ4v) is 2.42. The van der Waals surface area contributed by atoms with Gasteiger partial charge in [0.25, 0.3) is 0 Å². The van der Waals surface area contributed by atoms with Gasteiger partial charge in [0, 0.05) is 18.7 Å². The van der Waals surface area contributed by atoms with Gasteiger partial charge < -0.3 is 20.1 Å². The molecule has 1 aliphatic heterocycles. The summed E-state index contributed by atoms with van der Waals surface area (Å²) in [5, 5.41) is 6.22. The van der Waals surface area contributed by atoms with Gasteiger partial charge in [0.1, 0.15) is 11.5 Å². The van der Waals surface area contributed by atoms with E-state index >= 15 is 0 Å². The predicted molar refractivity (Wildman–Crippen MR) is 84.2 cm³/mol. The van der Waals surface area contributed by atoms with Crippen LogP contribution in [0, 0.1) is 5.41 Å². The van der Waals surface area contributed by atoms with E-state index in [0.717, 1.165) is 36.6 Å². The molecule has 0 bridgehead atoms. The highest BCUT2D eigenvalue weighted by Gasteiger charge is 2.36. The first-order valence-electron chi connectivity index (χ1n) is 6.79. The monoisotopic (exact) mass is 314 g/mol. The fraction of sp³-hybridized carbons (Fsp3) is 0.533. The van der Waals surface area contributed by atoms with Gasteiger partial charge in [-0.05, 0) is 38.1 Å². The minimum atomic E-state index is -0.313. The molecule has 0 aliphatic carbocycles. The van der Waals surface area contributed by atoms with Crippen LogP contribution in [0.3, 0.4) is 0 Å². The number of halogens is 1. The number of nitrogens with one attached hydrogen (secondary N) is 2. The molecule has 21 heavy (non-hydrogen) atoms. The zero-order chi connectivity index (χ0) is 14.6. The van der Waals surface area contributed by atoms with E-state index in [-0.39, 0.29) is 23.7 Å². The number of benzene rings is 1. The topological polar surface area (TPSA) is 59.6 Å². The molecule has 2 N–H and O–H groups in total. The molecule has 0 aromatic heterocycles. The lowest BCUT2D eigenvalue weighted by atomic mass is 9.89. The summed E-state index contributed by atoms with van der Waals surface area (Å²) in [6.45, 7) is 4.06. The first-order chi connectivity index (χ1) is 9.59. The zero-order valence-corrected chi connectivity index (χ0v) is 13.5. The molecule has 1 saturated heterocycles. The summed E-state index contributed by atoms with van der Waals surface area (Å²) < 4.78 is 10.5. The minimum absolute atomic E-state index is 0. The van der Waals surface area contributed by atoms with Gasteiger partial charge >= 0.3 is 0 Å². The quantitative estimate of drug-likeness (QED) is 0.869. The Morgan fingerprint density at radius 1 is 1.38 bits per heavy atom. The summed E-state index contributed by atoms with van der Waals surface area (Å²) in [4.78, 5) is 12.3. The second-order valence-corrected chi connectivity index (χ2v) is 5.35. The molecule has 1 fully saturated rings.